The van der Waals surface area contributed by atoms with Crippen LogP contribution in [0.15, 0.2) is 47.6 Å². The fourth-order valence-corrected chi connectivity index (χ4v) is 1.96. The van der Waals surface area contributed by atoms with Crippen LogP contribution in [-0.4, -0.2) is 22.1 Å². The second-order valence-corrected chi connectivity index (χ2v) is 4.07. The number of hydrogen-bond acceptors (Lipinski definition) is 4. The molecule has 4 nitrogen and oxygen atoms in total. The van der Waals surface area contributed by atoms with E-state index in [-0.39, 0.29) is 5.91 Å². The summed E-state index contributed by atoms with van der Waals surface area (Å²) in [5, 5.41) is 2.66. The van der Waals surface area contributed by atoms with Gasteiger partial charge in [0, 0.05) is 17.3 Å². The normalized spacial score (nSPS) is 9.94. The lowest BCUT2D eigenvalue weighted by Gasteiger charge is -2.06. The Bertz CT molecular complexity index is 516. The number of anilines is 1. The Kier molecular flexibility index (Phi) is 3.72. The molecule has 0 saturated carbocycles. The number of thioether (sulfide) groups is 1. The van der Waals surface area contributed by atoms with Crippen molar-refractivity contribution in [3.05, 3.63) is 48.3 Å². The van der Waals surface area contributed by atoms with E-state index in [1.807, 2.05) is 24.5 Å². The minimum Gasteiger partial charge on any atom is -0.290 e. The Hall–Kier alpha value is -1.88. The van der Waals surface area contributed by atoms with Gasteiger partial charge in [-0.1, -0.05) is 12.1 Å². The number of nitrogens with zero attached hydrogens (tertiary/aromatic N) is 2. The zero-order valence-electron chi connectivity index (χ0n) is 9.25. The average molecular weight is 245 g/mol. The first-order valence-electron chi connectivity index (χ1n) is 5.02. The predicted octanol–water partition coefficient (Wildman–Crippen LogP) is 2.45. The zero-order chi connectivity index (χ0) is 12.1. The number of nitrogens with one attached hydrogen (secondary N) is 1. The van der Waals surface area contributed by atoms with Crippen LogP contribution in [0.5, 0.6) is 0 Å². The summed E-state index contributed by atoms with van der Waals surface area (Å²) >= 11 is 1.53. The first kappa shape index (κ1) is 11.6. The van der Waals surface area contributed by atoms with Crippen molar-refractivity contribution in [2.45, 2.75) is 4.90 Å². The molecule has 0 aliphatic heterocycles. The molecule has 17 heavy (non-hydrogen) atoms. The van der Waals surface area contributed by atoms with Gasteiger partial charge in [-0.3, -0.25) is 10.1 Å². The molecule has 1 amide bonds. The van der Waals surface area contributed by atoms with Gasteiger partial charge in [0.2, 0.25) is 5.95 Å². The molecular weight excluding hydrogens is 234 g/mol. The number of carbonyl (C=O) groups excluding carboxylic acids is 1. The molecule has 0 aliphatic carbocycles. The van der Waals surface area contributed by atoms with Gasteiger partial charge >= 0.3 is 0 Å². The fraction of sp³-hybridized carbons (Fsp3) is 0.0833. The molecule has 1 N–H and O–H groups in total. The molecule has 0 bridgehead atoms. The highest BCUT2D eigenvalue weighted by molar-refractivity contribution is 7.98. The van der Waals surface area contributed by atoms with Gasteiger partial charge in [0.05, 0.1) is 5.56 Å². The van der Waals surface area contributed by atoms with Crippen molar-refractivity contribution in [1.82, 2.24) is 9.97 Å². The Morgan fingerprint density at radius 2 is 1.88 bits per heavy atom. The van der Waals surface area contributed by atoms with Gasteiger partial charge in [0.1, 0.15) is 0 Å². The van der Waals surface area contributed by atoms with E-state index in [0.717, 1.165) is 4.90 Å². The van der Waals surface area contributed by atoms with Crippen molar-refractivity contribution in [3.8, 4) is 0 Å². The van der Waals surface area contributed by atoms with Crippen LogP contribution < -0.4 is 5.32 Å². The highest BCUT2D eigenvalue weighted by atomic mass is 32.2. The molecule has 86 valence electrons. The number of aromatic nitrogens is 2. The summed E-state index contributed by atoms with van der Waals surface area (Å²) in [4.78, 5) is 20.8. The molecular formula is C12H11N3OS. The maximum absolute atomic E-state index is 12.0. The minimum atomic E-state index is -0.193. The summed E-state index contributed by atoms with van der Waals surface area (Å²) in [7, 11) is 0. The second-order valence-electron chi connectivity index (χ2n) is 3.23. The van der Waals surface area contributed by atoms with Gasteiger partial charge in [-0.15, -0.1) is 11.8 Å². The van der Waals surface area contributed by atoms with Crippen molar-refractivity contribution >= 4 is 23.6 Å². The maximum Gasteiger partial charge on any atom is 0.259 e. The molecule has 0 aliphatic rings. The third-order valence-electron chi connectivity index (χ3n) is 2.14. The molecule has 0 atom stereocenters. The van der Waals surface area contributed by atoms with Crippen LogP contribution in [0.25, 0.3) is 0 Å². The van der Waals surface area contributed by atoms with Crippen molar-refractivity contribution in [2.75, 3.05) is 11.6 Å². The van der Waals surface area contributed by atoms with Crippen LogP contribution in [0.3, 0.4) is 0 Å². The molecule has 0 radical (unpaired) electrons. The number of amides is 1. The lowest BCUT2D eigenvalue weighted by atomic mass is 10.2. The largest absolute Gasteiger partial charge is 0.290 e. The van der Waals surface area contributed by atoms with E-state index in [1.54, 1.807) is 24.5 Å². The van der Waals surface area contributed by atoms with Crippen LogP contribution in [0.4, 0.5) is 5.95 Å². The number of rotatable bonds is 3. The first-order chi connectivity index (χ1) is 8.31. The number of carbonyl (C=O) groups is 1. The van der Waals surface area contributed by atoms with E-state index >= 15 is 0 Å². The molecule has 0 fully saturated rings. The minimum absolute atomic E-state index is 0.193. The van der Waals surface area contributed by atoms with Gasteiger partial charge in [0.15, 0.2) is 0 Å². The highest BCUT2D eigenvalue weighted by Crippen LogP contribution is 2.20. The van der Waals surface area contributed by atoms with E-state index in [1.165, 1.54) is 11.8 Å². The van der Waals surface area contributed by atoms with Crippen molar-refractivity contribution < 1.29 is 4.79 Å². The Balaban J connectivity index is 2.20. The van der Waals surface area contributed by atoms with E-state index in [2.05, 4.69) is 15.3 Å². The highest BCUT2D eigenvalue weighted by Gasteiger charge is 2.11. The van der Waals surface area contributed by atoms with E-state index < -0.39 is 0 Å². The molecule has 1 heterocycles. The number of benzene rings is 1. The van der Waals surface area contributed by atoms with Crippen LogP contribution in [0.1, 0.15) is 10.4 Å². The summed E-state index contributed by atoms with van der Waals surface area (Å²) in [6, 6.07) is 9.13. The van der Waals surface area contributed by atoms with Crippen LogP contribution in [-0.2, 0) is 0 Å². The lowest BCUT2D eigenvalue weighted by molar-refractivity contribution is 0.102. The maximum atomic E-state index is 12.0. The molecule has 5 heteroatoms. The third-order valence-corrected chi connectivity index (χ3v) is 2.94. The first-order valence-corrected chi connectivity index (χ1v) is 6.25. The second kappa shape index (κ2) is 5.45. The smallest absolute Gasteiger partial charge is 0.259 e. The topological polar surface area (TPSA) is 54.9 Å². The van der Waals surface area contributed by atoms with Crippen LogP contribution in [0, 0.1) is 0 Å². The van der Waals surface area contributed by atoms with Gasteiger partial charge < -0.3 is 0 Å². The van der Waals surface area contributed by atoms with Gasteiger partial charge in [-0.25, -0.2) is 9.97 Å². The summed E-state index contributed by atoms with van der Waals surface area (Å²) in [5.74, 6) is 0.120. The summed E-state index contributed by atoms with van der Waals surface area (Å²) < 4.78 is 0. The molecule has 2 rings (SSSR count). The zero-order valence-corrected chi connectivity index (χ0v) is 10.1. The monoisotopic (exact) mass is 245 g/mol. The Morgan fingerprint density at radius 1 is 1.18 bits per heavy atom. The molecule has 1 aromatic heterocycles. The molecule has 2 aromatic rings. The fourth-order valence-electron chi connectivity index (χ4n) is 1.36. The average Bonchev–Trinajstić information content (AvgIpc) is 2.40. The SMILES string of the molecule is CSc1ccccc1C(=O)Nc1ncccn1. The quantitative estimate of drug-likeness (QED) is 0.844. The van der Waals surface area contributed by atoms with E-state index in [4.69, 9.17) is 0 Å². The number of hydrogen-bond donors (Lipinski definition) is 1. The van der Waals surface area contributed by atoms with Crippen LogP contribution >= 0.6 is 11.8 Å². The van der Waals surface area contributed by atoms with E-state index in [0.29, 0.717) is 11.5 Å². The van der Waals surface area contributed by atoms with Crippen LogP contribution in [0.2, 0.25) is 0 Å². The van der Waals surface area contributed by atoms with Crippen molar-refractivity contribution in [3.63, 3.8) is 0 Å². The summed E-state index contributed by atoms with van der Waals surface area (Å²) in [6.07, 6.45) is 5.11. The lowest BCUT2D eigenvalue weighted by Crippen LogP contribution is -2.14. The third kappa shape index (κ3) is 2.82. The Morgan fingerprint density at radius 3 is 2.59 bits per heavy atom. The standard InChI is InChI=1S/C12H11N3OS/c1-17-10-6-3-2-5-9(10)11(16)15-12-13-7-4-8-14-12/h2-8H,1H3,(H,13,14,15,16). The summed E-state index contributed by atoms with van der Waals surface area (Å²) in [5.41, 5.74) is 0.632. The van der Waals surface area contributed by atoms with Gasteiger partial charge in [0.25, 0.3) is 5.91 Å². The molecule has 1 aromatic carbocycles. The molecule has 0 saturated heterocycles. The summed E-state index contributed by atoms with van der Waals surface area (Å²) in [6.45, 7) is 0. The van der Waals surface area contributed by atoms with Gasteiger partial charge in [-0.05, 0) is 24.5 Å². The van der Waals surface area contributed by atoms with Crippen molar-refractivity contribution in [1.29, 1.82) is 0 Å². The van der Waals surface area contributed by atoms with Gasteiger partial charge in [-0.2, -0.15) is 0 Å². The molecule has 0 spiro atoms. The Labute approximate surface area is 103 Å². The van der Waals surface area contributed by atoms with E-state index in [9.17, 15) is 4.79 Å². The molecule has 0 unspecified atom stereocenters. The predicted molar refractivity (Wildman–Crippen MR) is 68.2 cm³/mol. The van der Waals surface area contributed by atoms with Crippen molar-refractivity contribution in [2.24, 2.45) is 0 Å².